The molecule has 0 unspecified atom stereocenters. The number of anilines is 2. The van der Waals surface area contributed by atoms with Crippen LogP contribution in [-0.2, 0) is 9.84 Å². The average Bonchev–Trinajstić information content (AvgIpc) is 2.20. The summed E-state index contributed by atoms with van der Waals surface area (Å²) in [6.45, 7) is 1.99. The normalized spacial score (nSPS) is 20.1. The van der Waals surface area contributed by atoms with Crippen LogP contribution in [-0.4, -0.2) is 26.0 Å². The second-order valence-corrected chi connectivity index (χ2v) is 7.01. The second kappa shape index (κ2) is 4.56. The van der Waals surface area contributed by atoms with E-state index >= 15 is 0 Å². The minimum absolute atomic E-state index is 0.236. The van der Waals surface area contributed by atoms with Crippen molar-refractivity contribution in [1.82, 2.24) is 0 Å². The molecule has 0 radical (unpaired) electrons. The third-order valence-electron chi connectivity index (χ3n) is 3.03. The largest absolute Gasteiger partial charge is 0.399 e. The highest BCUT2D eigenvalue weighted by atomic mass is 32.2. The monoisotopic (exact) mass is 254 g/mol. The van der Waals surface area contributed by atoms with Gasteiger partial charge in [0.2, 0.25) is 0 Å². The molecule has 0 aromatic heterocycles. The van der Waals surface area contributed by atoms with Gasteiger partial charge in [-0.1, -0.05) is 0 Å². The number of nitrogens with one attached hydrogen (secondary N) is 1. The zero-order chi connectivity index (χ0) is 12.5. The Labute approximate surface area is 102 Å². The molecule has 0 saturated carbocycles. The molecule has 0 bridgehead atoms. The van der Waals surface area contributed by atoms with Gasteiger partial charge >= 0.3 is 0 Å². The molecule has 94 valence electrons. The zero-order valence-electron chi connectivity index (χ0n) is 9.94. The number of nitrogen functional groups attached to an aromatic ring is 1. The lowest BCUT2D eigenvalue weighted by molar-refractivity contribution is 0.559. The van der Waals surface area contributed by atoms with Crippen molar-refractivity contribution in [2.24, 2.45) is 0 Å². The number of hydrogen-bond donors (Lipinski definition) is 2. The summed E-state index contributed by atoms with van der Waals surface area (Å²) in [7, 11) is -2.79. The summed E-state index contributed by atoms with van der Waals surface area (Å²) in [5, 5.41) is 3.36. The summed E-state index contributed by atoms with van der Waals surface area (Å²) < 4.78 is 22.6. The van der Waals surface area contributed by atoms with E-state index in [1.165, 1.54) is 0 Å². The van der Waals surface area contributed by atoms with Crippen LogP contribution in [0.4, 0.5) is 11.4 Å². The molecule has 5 heteroatoms. The highest BCUT2D eigenvalue weighted by Crippen LogP contribution is 2.21. The first-order valence-corrected chi connectivity index (χ1v) is 7.61. The van der Waals surface area contributed by atoms with Crippen molar-refractivity contribution < 1.29 is 8.42 Å². The molecule has 4 nitrogen and oxygen atoms in total. The molecule has 2 rings (SSSR count). The molecule has 3 N–H and O–H groups in total. The van der Waals surface area contributed by atoms with Crippen LogP contribution < -0.4 is 11.1 Å². The summed E-state index contributed by atoms with van der Waals surface area (Å²) >= 11 is 0. The standard InChI is InChI=1S/C12H18N2O2S/c1-9-6-10(13)8-12(7-9)14-11-2-4-17(15,16)5-3-11/h6-8,11,14H,2-5,13H2,1H3. The minimum Gasteiger partial charge on any atom is -0.399 e. The Balaban J connectivity index is 2.02. The number of nitrogens with two attached hydrogens (primary N) is 1. The lowest BCUT2D eigenvalue weighted by Crippen LogP contribution is -2.32. The second-order valence-electron chi connectivity index (χ2n) is 4.70. The highest BCUT2D eigenvalue weighted by molar-refractivity contribution is 7.91. The van der Waals surface area contributed by atoms with E-state index in [9.17, 15) is 8.42 Å². The van der Waals surface area contributed by atoms with Gasteiger partial charge in [0.1, 0.15) is 9.84 Å². The summed E-state index contributed by atoms with van der Waals surface area (Å²) in [6.07, 6.45) is 1.35. The van der Waals surface area contributed by atoms with Crippen LogP contribution in [0.3, 0.4) is 0 Å². The maximum atomic E-state index is 11.3. The molecule has 1 heterocycles. The van der Waals surface area contributed by atoms with Crippen molar-refractivity contribution in [1.29, 1.82) is 0 Å². The molecular weight excluding hydrogens is 236 g/mol. The summed E-state index contributed by atoms with van der Waals surface area (Å²) in [5.74, 6) is 0.567. The number of hydrogen-bond acceptors (Lipinski definition) is 4. The number of aryl methyl sites for hydroxylation is 1. The quantitative estimate of drug-likeness (QED) is 0.786. The fraction of sp³-hybridized carbons (Fsp3) is 0.500. The van der Waals surface area contributed by atoms with Crippen molar-refractivity contribution in [2.75, 3.05) is 22.6 Å². The van der Waals surface area contributed by atoms with E-state index in [2.05, 4.69) is 5.32 Å². The predicted molar refractivity (Wildman–Crippen MR) is 70.9 cm³/mol. The first kappa shape index (κ1) is 12.2. The van der Waals surface area contributed by atoms with Crippen LogP contribution in [0.1, 0.15) is 18.4 Å². The highest BCUT2D eigenvalue weighted by Gasteiger charge is 2.23. The summed E-state index contributed by atoms with van der Waals surface area (Å²) in [5.41, 5.74) is 8.59. The minimum atomic E-state index is -2.79. The maximum absolute atomic E-state index is 11.3. The number of benzene rings is 1. The van der Waals surface area contributed by atoms with E-state index in [4.69, 9.17) is 5.73 Å². The van der Waals surface area contributed by atoms with Gasteiger partial charge in [0.25, 0.3) is 0 Å². The van der Waals surface area contributed by atoms with Crippen LogP contribution in [0.5, 0.6) is 0 Å². The van der Waals surface area contributed by atoms with Crippen LogP contribution in [0, 0.1) is 6.92 Å². The molecule has 0 atom stereocenters. The Bertz CT molecular complexity index is 477. The van der Waals surface area contributed by atoms with E-state index in [1.807, 2.05) is 25.1 Å². The van der Waals surface area contributed by atoms with E-state index in [0.29, 0.717) is 12.8 Å². The van der Waals surface area contributed by atoms with Gasteiger partial charge in [-0.05, 0) is 43.5 Å². The average molecular weight is 254 g/mol. The Morgan fingerprint density at radius 1 is 1.24 bits per heavy atom. The molecule has 1 aromatic rings. The van der Waals surface area contributed by atoms with Crippen molar-refractivity contribution in [3.05, 3.63) is 23.8 Å². The van der Waals surface area contributed by atoms with Crippen LogP contribution in [0.25, 0.3) is 0 Å². The molecule has 17 heavy (non-hydrogen) atoms. The molecule has 1 aliphatic rings. The van der Waals surface area contributed by atoms with Gasteiger partial charge in [0, 0.05) is 17.4 Å². The van der Waals surface area contributed by atoms with E-state index in [-0.39, 0.29) is 17.5 Å². The third kappa shape index (κ3) is 3.36. The fourth-order valence-electron chi connectivity index (χ4n) is 2.17. The van der Waals surface area contributed by atoms with Crippen molar-refractivity contribution in [3.8, 4) is 0 Å². The van der Waals surface area contributed by atoms with Gasteiger partial charge in [-0.15, -0.1) is 0 Å². The Morgan fingerprint density at radius 3 is 2.47 bits per heavy atom. The molecule has 1 saturated heterocycles. The Morgan fingerprint density at radius 2 is 1.88 bits per heavy atom. The van der Waals surface area contributed by atoms with Crippen molar-refractivity contribution in [3.63, 3.8) is 0 Å². The molecule has 0 aliphatic carbocycles. The van der Waals surface area contributed by atoms with E-state index in [1.54, 1.807) is 0 Å². The molecular formula is C12H18N2O2S. The molecule has 1 aromatic carbocycles. The molecule has 1 fully saturated rings. The van der Waals surface area contributed by atoms with Gasteiger partial charge in [0.15, 0.2) is 0 Å². The smallest absolute Gasteiger partial charge is 0.150 e. The molecule has 0 spiro atoms. The first-order chi connectivity index (χ1) is 7.94. The molecule has 1 aliphatic heterocycles. The summed E-state index contributed by atoms with van der Waals surface area (Å²) in [6, 6.07) is 6.06. The lowest BCUT2D eigenvalue weighted by atomic mass is 10.1. The first-order valence-electron chi connectivity index (χ1n) is 5.79. The van der Waals surface area contributed by atoms with Crippen LogP contribution in [0.15, 0.2) is 18.2 Å². The molecule has 0 amide bonds. The topological polar surface area (TPSA) is 72.2 Å². The Kier molecular flexibility index (Phi) is 3.28. The van der Waals surface area contributed by atoms with Crippen LogP contribution >= 0.6 is 0 Å². The van der Waals surface area contributed by atoms with E-state index < -0.39 is 9.84 Å². The van der Waals surface area contributed by atoms with Gasteiger partial charge in [-0.25, -0.2) is 8.42 Å². The van der Waals surface area contributed by atoms with E-state index in [0.717, 1.165) is 16.9 Å². The number of sulfone groups is 1. The van der Waals surface area contributed by atoms with Gasteiger partial charge in [-0.3, -0.25) is 0 Å². The summed E-state index contributed by atoms with van der Waals surface area (Å²) in [4.78, 5) is 0. The van der Waals surface area contributed by atoms with Crippen molar-refractivity contribution in [2.45, 2.75) is 25.8 Å². The lowest BCUT2D eigenvalue weighted by Gasteiger charge is -2.24. The van der Waals surface area contributed by atoms with Crippen molar-refractivity contribution >= 4 is 21.2 Å². The predicted octanol–water partition coefficient (Wildman–Crippen LogP) is 1.57. The maximum Gasteiger partial charge on any atom is 0.150 e. The SMILES string of the molecule is Cc1cc(N)cc(NC2CCS(=O)(=O)CC2)c1. The van der Waals surface area contributed by atoms with Gasteiger partial charge in [0.05, 0.1) is 11.5 Å². The van der Waals surface area contributed by atoms with Gasteiger partial charge < -0.3 is 11.1 Å². The van der Waals surface area contributed by atoms with Gasteiger partial charge in [-0.2, -0.15) is 0 Å². The zero-order valence-corrected chi connectivity index (χ0v) is 10.8. The third-order valence-corrected chi connectivity index (χ3v) is 4.74. The van der Waals surface area contributed by atoms with Crippen LogP contribution in [0.2, 0.25) is 0 Å². The number of rotatable bonds is 2. The fourth-order valence-corrected chi connectivity index (χ4v) is 3.66. The Hall–Kier alpha value is -1.23.